The lowest BCUT2D eigenvalue weighted by atomic mass is 10.0. The smallest absolute Gasteiger partial charge is 0.410 e. The van der Waals surface area contributed by atoms with Crippen LogP contribution in [0.2, 0.25) is 0 Å². The summed E-state index contributed by atoms with van der Waals surface area (Å²) < 4.78 is 5.51. The van der Waals surface area contributed by atoms with Gasteiger partial charge in [-0.05, 0) is 71.4 Å². The van der Waals surface area contributed by atoms with Crippen LogP contribution in [-0.2, 0) is 4.74 Å². The van der Waals surface area contributed by atoms with Crippen LogP contribution in [0.3, 0.4) is 0 Å². The number of hydrogen-bond acceptors (Lipinski definition) is 7. The van der Waals surface area contributed by atoms with E-state index in [1.165, 1.54) is 11.3 Å². The SMILES string of the molecule is Cc1cc(-c2sc(NC(=O)N3CCN(C(=O)OC(C)(C)C)[C@@H](C)C3)nc2-c2cccc(C#N)c2)cc(C)n1. The molecule has 198 valence electrons. The fraction of sp³-hybridized carbons (Fsp3) is 0.393. The van der Waals surface area contributed by atoms with Gasteiger partial charge in [-0.3, -0.25) is 10.3 Å². The molecule has 1 aliphatic rings. The van der Waals surface area contributed by atoms with E-state index in [0.29, 0.717) is 36.0 Å². The Kier molecular flexibility index (Phi) is 7.69. The number of carbonyl (C=O) groups is 2. The third-order valence-electron chi connectivity index (χ3n) is 5.99. The van der Waals surface area contributed by atoms with Crippen molar-refractivity contribution in [3.63, 3.8) is 0 Å². The Morgan fingerprint density at radius 3 is 2.45 bits per heavy atom. The summed E-state index contributed by atoms with van der Waals surface area (Å²) in [7, 11) is 0. The third kappa shape index (κ3) is 6.29. The number of urea groups is 1. The molecule has 38 heavy (non-hydrogen) atoms. The van der Waals surface area contributed by atoms with Crippen LogP contribution in [-0.4, -0.2) is 63.2 Å². The average Bonchev–Trinajstić information content (AvgIpc) is 3.26. The number of ether oxygens (including phenoxy) is 1. The minimum Gasteiger partial charge on any atom is -0.444 e. The number of nitrogens with zero attached hydrogens (tertiary/aromatic N) is 5. The van der Waals surface area contributed by atoms with E-state index in [-0.39, 0.29) is 18.2 Å². The van der Waals surface area contributed by atoms with Crippen molar-refractivity contribution in [2.75, 3.05) is 25.0 Å². The molecule has 0 unspecified atom stereocenters. The molecule has 1 fully saturated rings. The van der Waals surface area contributed by atoms with Crippen LogP contribution in [0.4, 0.5) is 14.7 Å². The van der Waals surface area contributed by atoms with Crippen molar-refractivity contribution in [1.29, 1.82) is 5.26 Å². The van der Waals surface area contributed by atoms with Crippen LogP contribution in [0, 0.1) is 25.2 Å². The standard InChI is InChI=1S/C28H32N6O3S/c1-17-12-22(13-18(2)30-17)24-23(21-9-7-8-20(14-21)15-29)31-25(38-24)32-26(35)33-10-11-34(19(3)16-33)27(36)37-28(4,5)6/h7-9,12-14,19H,10-11,16H2,1-6H3,(H,31,32,35)/t19-/m0/s1. The predicted molar refractivity (Wildman–Crippen MR) is 148 cm³/mol. The minimum absolute atomic E-state index is 0.191. The van der Waals surface area contributed by atoms with E-state index in [1.807, 2.05) is 65.8 Å². The van der Waals surface area contributed by atoms with Crippen LogP contribution >= 0.6 is 11.3 Å². The molecule has 0 saturated carbocycles. The Morgan fingerprint density at radius 2 is 1.82 bits per heavy atom. The van der Waals surface area contributed by atoms with Gasteiger partial charge in [-0.1, -0.05) is 23.5 Å². The highest BCUT2D eigenvalue weighted by molar-refractivity contribution is 7.19. The number of benzene rings is 1. The number of aromatic nitrogens is 2. The Labute approximate surface area is 227 Å². The average molecular weight is 533 g/mol. The largest absolute Gasteiger partial charge is 0.444 e. The summed E-state index contributed by atoms with van der Waals surface area (Å²) in [5, 5.41) is 12.8. The predicted octanol–water partition coefficient (Wildman–Crippen LogP) is 5.83. The molecule has 2 aromatic heterocycles. The van der Waals surface area contributed by atoms with Gasteiger partial charge in [-0.2, -0.15) is 5.26 Å². The van der Waals surface area contributed by atoms with E-state index < -0.39 is 5.60 Å². The number of pyridine rings is 1. The number of aryl methyl sites for hydroxylation is 2. The number of hydrogen-bond donors (Lipinski definition) is 1. The van der Waals surface area contributed by atoms with Crippen molar-refractivity contribution in [1.82, 2.24) is 19.8 Å². The zero-order valence-corrected chi connectivity index (χ0v) is 23.3. The Morgan fingerprint density at radius 1 is 1.11 bits per heavy atom. The van der Waals surface area contributed by atoms with Crippen LogP contribution in [0.15, 0.2) is 36.4 Å². The Hall–Kier alpha value is -3.97. The zero-order chi connectivity index (χ0) is 27.6. The molecule has 1 N–H and O–H groups in total. The van der Waals surface area contributed by atoms with Gasteiger partial charge in [0.15, 0.2) is 5.13 Å². The van der Waals surface area contributed by atoms with Crippen molar-refractivity contribution < 1.29 is 14.3 Å². The molecule has 9 nitrogen and oxygen atoms in total. The normalized spacial score (nSPS) is 15.7. The molecule has 3 heterocycles. The fourth-order valence-corrected chi connectivity index (χ4v) is 5.34. The van der Waals surface area contributed by atoms with Gasteiger partial charge in [0.05, 0.1) is 22.2 Å². The molecule has 0 spiro atoms. The highest BCUT2D eigenvalue weighted by Gasteiger charge is 2.33. The van der Waals surface area contributed by atoms with Gasteiger partial charge in [-0.15, -0.1) is 0 Å². The maximum Gasteiger partial charge on any atom is 0.410 e. The van der Waals surface area contributed by atoms with Gasteiger partial charge < -0.3 is 14.5 Å². The number of anilines is 1. The molecule has 1 atom stereocenters. The molecule has 4 rings (SSSR count). The molecular weight excluding hydrogens is 500 g/mol. The highest BCUT2D eigenvalue weighted by atomic mass is 32.1. The van der Waals surface area contributed by atoms with Crippen LogP contribution in [0.25, 0.3) is 21.7 Å². The molecule has 1 aliphatic heterocycles. The van der Waals surface area contributed by atoms with Crippen LogP contribution in [0.1, 0.15) is 44.6 Å². The third-order valence-corrected chi connectivity index (χ3v) is 7.01. The first kappa shape index (κ1) is 27.1. The summed E-state index contributed by atoms with van der Waals surface area (Å²) in [5.41, 5.74) is 4.15. The lowest BCUT2D eigenvalue weighted by Crippen LogP contribution is -2.57. The van der Waals surface area contributed by atoms with E-state index in [2.05, 4.69) is 16.4 Å². The molecular formula is C28H32N6O3S. The highest BCUT2D eigenvalue weighted by Crippen LogP contribution is 2.39. The number of thiazole rings is 1. The molecule has 0 aliphatic carbocycles. The second-order valence-corrected chi connectivity index (χ2v) is 11.4. The van der Waals surface area contributed by atoms with Crippen molar-refractivity contribution in [3.05, 3.63) is 53.3 Å². The van der Waals surface area contributed by atoms with Gasteiger partial charge in [0.1, 0.15) is 5.60 Å². The van der Waals surface area contributed by atoms with Gasteiger partial charge in [0.2, 0.25) is 0 Å². The van der Waals surface area contributed by atoms with E-state index >= 15 is 0 Å². The number of nitriles is 1. The van der Waals surface area contributed by atoms with Crippen LogP contribution < -0.4 is 5.32 Å². The lowest BCUT2D eigenvalue weighted by molar-refractivity contribution is 0.00589. The molecule has 1 aromatic carbocycles. The molecule has 1 saturated heterocycles. The summed E-state index contributed by atoms with van der Waals surface area (Å²) in [4.78, 5) is 39.2. The van der Waals surface area contributed by atoms with Gasteiger partial charge >= 0.3 is 12.1 Å². The number of rotatable bonds is 3. The van der Waals surface area contributed by atoms with Crippen molar-refractivity contribution in [2.24, 2.45) is 0 Å². The van der Waals surface area contributed by atoms with Crippen LogP contribution in [0.5, 0.6) is 0 Å². The lowest BCUT2D eigenvalue weighted by Gasteiger charge is -2.40. The molecule has 0 radical (unpaired) electrons. The Balaban J connectivity index is 1.57. The fourth-order valence-electron chi connectivity index (χ4n) is 4.37. The van der Waals surface area contributed by atoms with Crippen molar-refractivity contribution in [2.45, 2.75) is 53.2 Å². The molecule has 10 heteroatoms. The second kappa shape index (κ2) is 10.8. The zero-order valence-electron chi connectivity index (χ0n) is 22.5. The van der Waals surface area contributed by atoms with Gasteiger partial charge in [0, 0.05) is 42.6 Å². The second-order valence-electron chi connectivity index (χ2n) is 10.4. The quantitative estimate of drug-likeness (QED) is 0.454. The van der Waals surface area contributed by atoms with Gasteiger partial charge in [0.25, 0.3) is 0 Å². The van der Waals surface area contributed by atoms with Crippen molar-refractivity contribution >= 4 is 28.6 Å². The maximum atomic E-state index is 13.2. The van der Waals surface area contributed by atoms with E-state index in [4.69, 9.17) is 9.72 Å². The summed E-state index contributed by atoms with van der Waals surface area (Å²) >= 11 is 1.38. The number of amides is 3. The van der Waals surface area contributed by atoms with E-state index in [1.54, 1.807) is 21.9 Å². The summed E-state index contributed by atoms with van der Waals surface area (Å²) in [5.74, 6) is 0. The number of carbonyl (C=O) groups excluding carboxylic acids is 2. The number of nitrogens with one attached hydrogen (secondary N) is 1. The topological polar surface area (TPSA) is 111 Å². The first-order valence-corrected chi connectivity index (χ1v) is 13.3. The van der Waals surface area contributed by atoms with E-state index in [9.17, 15) is 14.9 Å². The molecule has 3 aromatic rings. The summed E-state index contributed by atoms with van der Waals surface area (Å²) in [6.45, 7) is 12.4. The first-order valence-electron chi connectivity index (χ1n) is 12.5. The minimum atomic E-state index is -0.579. The first-order chi connectivity index (χ1) is 17.9. The van der Waals surface area contributed by atoms with Gasteiger partial charge in [-0.25, -0.2) is 14.6 Å². The van der Waals surface area contributed by atoms with Crippen molar-refractivity contribution in [3.8, 4) is 27.8 Å². The monoisotopic (exact) mass is 532 g/mol. The van der Waals surface area contributed by atoms with E-state index in [0.717, 1.165) is 27.4 Å². The molecule has 3 amide bonds. The maximum absolute atomic E-state index is 13.2. The Bertz CT molecular complexity index is 1380. The molecule has 0 bridgehead atoms. The number of piperazine rings is 1. The summed E-state index contributed by atoms with van der Waals surface area (Å²) in [6.07, 6.45) is -0.373. The summed E-state index contributed by atoms with van der Waals surface area (Å²) in [6, 6.07) is 13.0.